The summed E-state index contributed by atoms with van der Waals surface area (Å²) in [7, 11) is 1.86. The quantitative estimate of drug-likeness (QED) is 0.550. The molecule has 12 heavy (non-hydrogen) atoms. The lowest BCUT2D eigenvalue weighted by Gasteiger charge is -2.42. The van der Waals surface area contributed by atoms with Crippen molar-refractivity contribution in [2.45, 2.75) is 31.8 Å². The van der Waals surface area contributed by atoms with Gasteiger partial charge in [0.05, 0.1) is 6.10 Å². The molecule has 1 aliphatic carbocycles. The first-order chi connectivity index (χ1) is 5.72. The van der Waals surface area contributed by atoms with Crippen molar-refractivity contribution in [2.75, 3.05) is 20.1 Å². The van der Waals surface area contributed by atoms with Crippen LogP contribution in [0.2, 0.25) is 0 Å². The molecule has 0 aromatic rings. The second kappa shape index (κ2) is 4.21. The summed E-state index contributed by atoms with van der Waals surface area (Å²) >= 11 is 0. The maximum Gasteiger partial charge on any atom is 0.0670 e. The molecular weight excluding hydrogens is 152 g/mol. The highest BCUT2D eigenvalue weighted by Gasteiger charge is 2.36. The van der Waals surface area contributed by atoms with Gasteiger partial charge in [-0.1, -0.05) is 6.42 Å². The Labute approximate surface area is 74.3 Å². The molecule has 72 valence electrons. The highest BCUT2D eigenvalue weighted by Crippen LogP contribution is 2.43. The van der Waals surface area contributed by atoms with Gasteiger partial charge in [-0.05, 0) is 38.3 Å². The molecule has 3 heteroatoms. The van der Waals surface area contributed by atoms with Crippen molar-refractivity contribution in [3.05, 3.63) is 0 Å². The molecule has 0 aliphatic heterocycles. The van der Waals surface area contributed by atoms with E-state index in [9.17, 15) is 5.11 Å². The molecule has 0 saturated heterocycles. The monoisotopic (exact) mass is 172 g/mol. The molecule has 1 rings (SSSR count). The third-order valence-corrected chi connectivity index (χ3v) is 2.96. The summed E-state index contributed by atoms with van der Waals surface area (Å²) in [4.78, 5) is 0. The molecule has 1 atom stereocenters. The second-order valence-electron chi connectivity index (χ2n) is 3.97. The molecule has 1 fully saturated rings. The van der Waals surface area contributed by atoms with Crippen LogP contribution in [0.15, 0.2) is 0 Å². The molecule has 0 radical (unpaired) electrons. The lowest BCUT2D eigenvalue weighted by molar-refractivity contribution is 0.0482. The number of hydrogen-bond donors (Lipinski definition) is 3. The highest BCUT2D eigenvalue weighted by molar-refractivity contribution is 4.90. The maximum atomic E-state index is 9.56. The lowest BCUT2D eigenvalue weighted by atomic mass is 9.65. The fourth-order valence-electron chi connectivity index (χ4n) is 1.98. The maximum absolute atomic E-state index is 9.56. The van der Waals surface area contributed by atoms with Gasteiger partial charge in [-0.15, -0.1) is 0 Å². The van der Waals surface area contributed by atoms with Crippen LogP contribution in [0, 0.1) is 5.41 Å². The fourth-order valence-corrected chi connectivity index (χ4v) is 1.98. The zero-order valence-electron chi connectivity index (χ0n) is 7.84. The standard InChI is InChI=1S/C9H20N2O/c1-11-6-8(12)5-9(7-10)3-2-4-9/h8,11-12H,2-7,10H2,1H3/t8-/m0/s1. The zero-order chi connectivity index (χ0) is 9.03. The van der Waals surface area contributed by atoms with Crippen molar-refractivity contribution in [1.82, 2.24) is 5.32 Å². The van der Waals surface area contributed by atoms with Crippen LogP contribution in [0.25, 0.3) is 0 Å². The number of likely N-dealkylation sites (N-methyl/N-ethyl adjacent to an activating group) is 1. The van der Waals surface area contributed by atoms with E-state index in [2.05, 4.69) is 5.32 Å². The molecule has 4 N–H and O–H groups in total. The predicted octanol–water partition coefficient (Wildman–Crippen LogP) is 0.0858. The smallest absolute Gasteiger partial charge is 0.0670 e. The van der Waals surface area contributed by atoms with Gasteiger partial charge in [-0.25, -0.2) is 0 Å². The first-order valence-corrected chi connectivity index (χ1v) is 4.75. The minimum absolute atomic E-state index is 0.223. The Balaban J connectivity index is 2.27. The molecule has 1 saturated carbocycles. The van der Waals surface area contributed by atoms with Crippen molar-refractivity contribution >= 4 is 0 Å². The number of hydrogen-bond acceptors (Lipinski definition) is 3. The number of aliphatic hydroxyl groups excluding tert-OH is 1. The normalized spacial score (nSPS) is 23.2. The summed E-state index contributed by atoms with van der Waals surface area (Å²) < 4.78 is 0. The minimum Gasteiger partial charge on any atom is -0.392 e. The van der Waals surface area contributed by atoms with Crippen LogP contribution in [-0.4, -0.2) is 31.3 Å². The SMILES string of the molecule is CNC[C@@H](O)CC1(CN)CCC1. The molecule has 0 unspecified atom stereocenters. The number of nitrogens with one attached hydrogen (secondary N) is 1. The highest BCUT2D eigenvalue weighted by atomic mass is 16.3. The Bertz CT molecular complexity index is 129. The van der Waals surface area contributed by atoms with Gasteiger partial charge in [0.2, 0.25) is 0 Å². The van der Waals surface area contributed by atoms with Crippen LogP contribution < -0.4 is 11.1 Å². The topological polar surface area (TPSA) is 58.3 Å². The molecule has 0 aromatic heterocycles. The van der Waals surface area contributed by atoms with E-state index in [0.29, 0.717) is 6.54 Å². The molecule has 0 spiro atoms. The Morgan fingerprint density at radius 1 is 1.58 bits per heavy atom. The zero-order valence-corrected chi connectivity index (χ0v) is 7.84. The van der Waals surface area contributed by atoms with E-state index in [1.54, 1.807) is 0 Å². The molecule has 3 nitrogen and oxygen atoms in total. The van der Waals surface area contributed by atoms with E-state index in [1.165, 1.54) is 19.3 Å². The Morgan fingerprint density at radius 3 is 2.58 bits per heavy atom. The van der Waals surface area contributed by atoms with Gasteiger partial charge >= 0.3 is 0 Å². The van der Waals surface area contributed by atoms with Crippen molar-refractivity contribution < 1.29 is 5.11 Å². The number of nitrogens with two attached hydrogens (primary N) is 1. The van der Waals surface area contributed by atoms with Gasteiger partial charge in [0.1, 0.15) is 0 Å². The van der Waals surface area contributed by atoms with Crippen molar-refractivity contribution in [3.8, 4) is 0 Å². The first-order valence-electron chi connectivity index (χ1n) is 4.75. The molecule has 0 bridgehead atoms. The third-order valence-electron chi connectivity index (χ3n) is 2.96. The van der Waals surface area contributed by atoms with Crippen LogP contribution >= 0.6 is 0 Å². The second-order valence-corrected chi connectivity index (χ2v) is 3.97. The average Bonchev–Trinajstić information content (AvgIpc) is 1.97. The number of rotatable bonds is 5. The third kappa shape index (κ3) is 2.19. The van der Waals surface area contributed by atoms with Crippen molar-refractivity contribution in [1.29, 1.82) is 0 Å². The average molecular weight is 172 g/mol. The molecule has 1 aliphatic rings. The van der Waals surface area contributed by atoms with Crippen LogP contribution in [0.1, 0.15) is 25.7 Å². The van der Waals surface area contributed by atoms with Gasteiger partial charge in [-0.2, -0.15) is 0 Å². The van der Waals surface area contributed by atoms with E-state index in [0.717, 1.165) is 13.0 Å². The summed E-state index contributed by atoms with van der Waals surface area (Å²) in [6.45, 7) is 1.41. The summed E-state index contributed by atoms with van der Waals surface area (Å²) in [5.41, 5.74) is 5.96. The van der Waals surface area contributed by atoms with E-state index in [-0.39, 0.29) is 11.5 Å². The number of aliphatic hydroxyl groups is 1. The van der Waals surface area contributed by atoms with Crippen LogP contribution in [0.4, 0.5) is 0 Å². The largest absolute Gasteiger partial charge is 0.392 e. The van der Waals surface area contributed by atoms with Crippen LogP contribution in [-0.2, 0) is 0 Å². The van der Waals surface area contributed by atoms with Crippen molar-refractivity contribution in [3.63, 3.8) is 0 Å². The van der Waals surface area contributed by atoms with Gasteiger partial charge in [-0.3, -0.25) is 0 Å². The molecule has 0 aromatic carbocycles. The van der Waals surface area contributed by atoms with Crippen LogP contribution in [0.5, 0.6) is 0 Å². The van der Waals surface area contributed by atoms with E-state index < -0.39 is 0 Å². The first kappa shape index (κ1) is 9.96. The molecule has 0 heterocycles. The van der Waals surface area contributed by atoms with Gasteiger partial charge in [0.15, 0.2) is 0 Å². The minimum atomic E-state index is -0.223. The Hall–Kier alpha value is -0.120. The van der Waals surface area contributed by atoms with Crippen LogP contribution in [0.3, 0.4) is 0 Å². The summed E-state index contributed by atoms with van der Waals surface area (Å²) in [6.07, 6.45) is 4.32. The van der Waals surface area contributed by atoms with Crippen molar-refractivity contribution in [2.24, 2.45) is 11.1 Å². The van der Waals surface area contributed by atoms with Gasteiger partial charge < -0.3 is 16.2 Å². The fraction of sp³-hybridized carbons (Fsp3) is 1.00. The molecule has 0 amide bonds. The van der Waals surface area contributed by atoms with Gasteiger partial charge in [0.25, 0.3) is 0 Å². The molecular formula is C9H20N2O. The summed E-state index contributed by atoms with van der Waals surface area (Å²) in [5, 5.41) is 12.5. The van der Waals surface area contributed by atoms with E-state index >= 15 is 0 Å². The van der Waals surface area contributed by atoms with E-state index in [4.69, 9.17) is 5.73 Å². The summed E-state index contributed by atoms with van der Waals surface area (Å²) in [6, 6.07) is 0. The Kier molecular flexibility index (Phi) is 3.50. The predicted molar refractivity (Wildman–Crippen MR) is 49.9 cm³/mol. The summed E-state index contributed by atoms with van der Waals surface area (Å²) in [5.74, 6) is 0. The van der Waals surface area contributed by atoms with Gasteiger partial charge in [0, 0.05) is 6.54 Å². The van der Waals surface area contributed by atoms with E-state index in [1.807, 2.05) is 7.05 Å². The Morgan fingerprint density at radius 2 is 2.25 bits per heavy atom. The lowest BCUT2D eigenvalue weighted by Crippen LogP contribution is -2.42.